The Bertz CT molecular complexity index is 1090. The summed E-state index contributed by atoms with van der Waals surface area (Å²) < 4.78 is 13.1. The van der Waals surface area contributed by atoms with Gasteiger partial charge in [0.2, 0.25) is 0 Å². The fraction of sp³-hybridized carbons (Fsp3) is 0.292. The Hall–Kier alpha value is -3.61. The van der Waals surface area contributed by atoms with Crippen LogP contribution in [0.5, 0.6) is 11.5 Å². The zero-order valence-electron chi connectivity index (χ0n) is 17.8. The first-order valence-electron chi connectivity index (χ1n) is 10.6. The largest absolute Gasteiger partial charge is 0.494 e. The maximum absolute atomic E-state index is 12.8. The number of nitrogens with zero attached hydrogens (tertiary/aromatic N) is 3. The summed E-state index contributed by atoms with van der Waals surface area (Å²) in [6.45, 7) is 4.95. The van der Waals surface area contributed by atoms with Crippen molar-refractivity contribution in [3.8, 4) is 17.2 Å². The van der Waals surface area contributed by atoms with Crippen LogP contribution in [-0.4, -0.2) is 35.1 Å². The fourth-order valence-corrected chi connectivity index (χ4v) is 3.77. The summed E-state index contributed by atoms with van der Waals surface area (Å²) >= 11 is 0. The molecule has 0 spiro atoms. The summed E-state index contributed by atoms with van der Waals surface area (Å²) in [6.07, 6.45) is 4.36. The molecule has 0 aliphatic heterocycles. The summed E-state index contributed by atoms with van der Waals surface area (Å²) in [5, 5.41) is 8.75. The molecule has 0 atom stereocenters. The molecule has 31 heavy (non-hydrogen) atoms. The van der Waals surface area contributed by atoms with E-state index in [2.05, 4.69) is 15.6 Å². The molecule has 0 saturated heterocycles. The third-order valence-corrected chi connectivity index (χ3v) is 5.11. The van der Waals surface area contributed by atoms with Crippen LogP contribution in [0.4, 0.5) is 0 Å². The van der Waals surface area contributed by atoms with E-state index in [1.54, 1.807) is 6.21 Å². The average molecular weight is 418 g/mol. The minimum atomic E-state index is -0.312. The molecular weight excluding hydrogens is 392 g/mol. The number of hydrazone groups is 1. The van der Waals surface area contributed by atoms with E-state index >= 15 is 0 Å². The number of ether oxygens (including phenoxy) is 2. The van der Waals surface area contributed by atoms with Crippen molar-refractivity contribution in [1.82, 2.24) is 15.2 Å². The summed E-state index contributed by atoms with van der Waals surface area (Å²) in [4.78, 5) is 12.8. The Morgan fingerprint density at radius 1 is 1.13 bits per heavy atom. The second-order valence-electron chi connectivity index (χ2n) is 7.14. The standard InChI is InChI=1S/C24H26N4O3/c1-3-30-19-14-13-17(22(15-19)31-4-2)16-25-26-24(29)23-20-11-8-12-21(20)28(27-23)18-9-6-5-7-10-18/h5-7,9-10,13-16H,3-4,8,11-12H2,1-2H3,(H,26,29)/b25-16+. The zero-order chi connectivity index (χ0) is 21.6. The Labute approximate surface area is 181 Å². The van der Waals surface area contributed by atoms with Crippen molar-refractivity contribution in [2.75, 3.05) is 13.2 Å². The molecule has 1 aliphatic rings. The van der Waals surface area contributed by atoms with Crippen LogP contribution >= 0.6 is 0 Å². The van der Waals surface area contributed by atoms with Crippen molar-refractivity contribution in [3.05, 3.63) is 71.0 Å². The smallest absolute Gasteiger partial charge is 0.292 e. The van der Waals surface area contributed by atoms with Gasteiger partial charge in [0.15, 0.2) is 5.69 Å². The van der Waals surface area contributed by atoms with E-state index < -0.39 is 0 Å². The number of hydrogen-bond donors (Lipinski definition) is 1. The van der Waals surface area contributed by atoms with Crippen molar-refractivity contribution >= 4 is 12.1 Å². The highest BCUT2D eigenvalue weighted by molar-refractivity contribution is 5.95. The van der Waals surface area contributed by atoms with Crippen molar-refractivity contribution in [1.29, 1.82) is 0 Å². The minimum absolute atomic E-state index is 0.312. The zero-order valence-corrected chi connectivity index (χ0v) is 17.8. The number of amides is 1. The van der Waals surface area contributed by atoms with E-state index in [0.717, 1.165) is 47.5 Å². The molecule has 4 rings (SSSR count). The van der Waals surface area contributed by atoms with E-state index in [1.165, 1.54) is 0 Å². The molecule has 1 aliphatic carbocycles. The van der Waals surface area contributed by atoms with E-state index in [4.69, 9.17) is 9.47 Å². The predicted octanol–water partition coefficient (Wildman–Crippen LogP) is 3.92. The second-order valence-corrected chi connectivity index (χ2v) is 7.14. The van der Waals surface area contributed by atoms with Gasteiger partial charge in [0.1, 0.15) is 11.5 Å². The second kappa shape index (κ2) is 9.47. The average Bonchev–Trinajstić information content (AvgIpc) is 3.39. The van der Waals surface area contributed by atoms with Gasteiger partial charge >= 0.3 is 0 Å². The van der Waals surface area contributed by atoms with Gasteiger partial charge in [0, 0.05) is 22.9 Å². The number of carbonyl (C=O) groups excluding carboxylic acids is 1. The van der Waals surface area contributed by atoms with Crippen LogP contribution in [0.15, 0.2) is 53.6 Å². The highest BCUT2D eigenvalue weighted by Gasteiger charge is 2.26. The number of aromatic nitrogens is 2. The lowest BCUT2D eigenvalue weighted by molar-refractivity contribution is 0.0949. The van der Waals surface area contributed by atoms with E-state index in [1.807, 2.05) is 67.1 Å². The molecule has 0 fully saturated rings. The van der Waals surface area contributed by atoms with Crippen LogP contribution in [-0.2, 0) is 12.8 Å². The topological polar surface area (TPSA) is 77.7 Å². The van der Waals surface area contributed by atoms with Gasteiger partial charge in [-0.3, -0.25) is 4.79 Å². The number of carbonyl (C=O) groups is 1. The first-order valence-corrected chi connectivity index (χ1v) is 10.6. The number of benzene rings is 2. The number of para-hydroxylation sites is 1. The fourth-order valence-electron chi connectivity index (χ4n) is 3.77. The maximum Gasteiger partial charge on any atom is 0.292 e. The lowest BCUT2D eigenvalue weighted by Crippen LogP contribution is -2.20. The summed E-state index contributed by atoms with van der Waals surface area (Å²) in [6, 6.07) is 15.4. The molecular formula is C24H26N4O3. The molecule has 0 radical (unpaired) electrons. The van der Waals surface area contributed by atoms with E-state index in [0.29, 0.717) is 24.7 Å². The molecule has 160 valence electrons. The molecule has 7 nitrogen and oxygen atoms in total. The lowest BCUT2D eigenvalue weighted by Gasteiger charge is -2.10. The minimum Gasteiger partial charge on any atom is -0.494 e. The summed E-state index contributed by atoms with van der Waals surface area (Å²) in [5.74, 6) is 1.07. The Kier molecular flexibility index (Phi) is 6.31. The van der Waals surface area contributed by atoms with Gasteiger partial charge in [-0.1, -0.05) is 18.2 Å². The van der Waals surface area contributed by atoms with E-state index in [-0.39, 0.29) is 5.91 Å². The predicted molar refractivity (Wildman–Crippen MR) is 119 cm³/mol. The lowest BCUT2D eigenvalue weighted by atomic mass is 10.2. The summed E-state index contributed by atoms with van der Waals surface area (Å²) in [5.41, 5.74) is 6.88. The normalized spacial score (nSPS) is 12.7. The molecule has 0 saturated carbocycles. The number of fused-ring (bicyclic) bond motifs is 1. The van der Waals surface area contributed by atoms with Crippen molar-refractivity contribution < 1.29 is 14.3 Å². The SMILES string of the molecule is CCOc1ccc(/C=N/NC(=O)c2nn(-c3ccccc3)c3c2CCC3)c(OCC)c1. The molecule has 0 bridgehead atoms. The van der Waals surface area contributed by atoms with E-state index in [9.17, 15) is 4.79 Å². The van der Waals surface area contributed by atoms with Crippen LogP contribution in [0.25, 0.3) is 5.69 Å². The third-order valence-electron chi connectivity index (χ3n) is 5.11. The number of hydrogen-bond acceptors (Lipinski definition) is 5. The van der Waals surface area contributed by atoms with Gasteiger partial charge in [0.25, 0.3) is 5.91 Å². The molecule has 1 aromatic heterocycles. The molecule has 1 N–H and O–H groups in total. The molecule has 0 unspecified atom stereocenters. The quantitative estimate of drug-likeness (QED) is 0.444. The van der Waals surface area contributed by atoms with Crippen molar-refractivity contribution in [2.45, 2.75) is 33.1 Å². The highest BCUT2D eigenvalue weighted by atomic mass is 16.5. The maximum atomic E-state index is 12.8. The van der Waals surface area contributed by atoms with Crippen LogP contribution in [0.3, 0.4) is 0 Å². The van der Waals surface area contributed by atoms with Crippen LogP contribution < -0.4 is 14.9 Å². The Morgan fingerprint density at radius 3 is 2.71 bits per heavy atom. The van der Waals surface area contributed by atoms with Gasteiger partial charge in [-0.05, 0) is 57.4 Å². The van der Waals surface area contributed by atoms with Crippen LogP contribution in [0.1, 0.15) is 47.6 Å². The third kappa shape index (κ3) is 4.45. The number of nitrogens with one attached hydrogen (secondary N) is 1. The highest BCUT2D eigenvalue weighted by Crippen LogP contribution is 2.28. The number of rotatable bonds is 8. The molecule has 1 amide bonds. The van der Waals surface area contributed by atoms with Gasteiger partial charge in [-0.25, -0.2) is 10.1 Å². The van der Waals surface area contributed by atoms with Gasteiger partial charge < -0.3 is 9.47 Å². The Balaban J connectivity index is 1.53. The summed E-state index contributed by atoms with van der Waals surface area (Å²) in [7, 11) is 0. The molecule has 2 aromatic carbocycles. The van der Waals surface area contributed by atoms with Gasteiger partial charge in [-0.2, -0.15) is 10.2 Å². The van der Waals surface area contributed by atoms with Crippen LogP contribution in [0.2, 0.25) is 0 Å². The molecule has 1 heterocycles. The van der Waals surface area contributed by atoms with Gasteiger partial charge in [0.05, 0.1) is 25.1 Å². The monoisotopic (exact) mass is 418 g/mol. The van der Waals surface area contributed by atoms with Crippen LogP contribution in [0, 0.1) is 0 Å². The van der Waals surface area contributed by atoms with Crippen molar-refractivity contribution in [3.63, 3.8) is 0 Å². The first-order chi connectivity index (χ1) is 15.2. The van der Waals surface area contributed by atoms with Crippen molar-refractivity contribution in [2.24, 2.45) is 5.10 Å². The Morgan fingerprint density at radius 2 is 1.94 bits per heavy atom. The van der Waals surface area contributed by atoms with Gasteiger partial charge in [-0.15, -0.1) is 0 Å². The molecule has 7 heteroatoms. The first kappa shape index (κ1) is 20.7. The molecule has 3 aromatic rings.